The van der Waals surface area contributed by atoms with Crippen LogP contribution >= 0.6 is 0 Å². The van der Waals surface area contributed by atoms with Crippen molar-refractivity contribution < 1.29 is 9.90 Å². The summed E-state index contributed by atoms with van der Waals surface area (Å²) in [6.07, 6.45) is 2.26. The van der Waals surface area contributed by atoms with Crippen molar-refractivity contribution >= 4 is 11.7 Å². The molecule has 0 aliphatic carbocycles. The van der Waals surface area contributed by atoms with Crippen LogP contribution in [0, 0.1) is 0 Å². The molecule has 4 nitrogen and oxygen atoms in total. The van der Waals surface area contributed by atoms with Gasteiger partial charge in [0.1, 0.15) is 6.04 Å². The van der Waals surface area contributed by atoms with E-state index in [2.05, 4.69) is 17.4 Å². The molecule has 4 N–H and O–H groups in total. The number of anilines is 1. The van der Waals surface area contributed by atoms with Gasteiger partial charge < -0.3 is 16.2 Å². The maximum atomic E-state index is 10.6. The van der Waals surface area contributed by atoms with Gasteiger partial charge >= 0.3 is 5.97 Å². The van der Waals surface area contributed by atoms with Gasteiger partial charge in [-0.05, 0) is 36.5 Å². The molecule has 16 heavy (non-hydrogen) atoms. The van der Waals surface area contributed by atoms with Crippen LogP contribution < -0.4 is 11.1 Å². The molecule has 0 saturated carbocycles. The molecule has 0 saturated heterocycles. The van der Waals surface area contributed by atoms with Gasteiger partial charge in [0, 0.05) is 12.2 Å². The van der Waals surface area contributed by atoms with E-state index in [9.17, 15) is 4.79 Å². The molecule has 86 valence electrons. The van der Waals surface area contributed by atoms with E-state index in [1.807, 2.05) is 6.07 Å². The Kier molecular flexibility index (Phi) is 3.10. The van der Waals surface area contributed by atoms with Gasteiger partial charge in [-0.15, -0.1) is 0 Å². The van der Waals surface area contributed by atoms with Crippen molar-refractivity contribution in [2.45, 2.75) is 25.3 Å². The molecule has 1 unspecified atom stereocenters. The zero-order chi connectivity index (χ0) is 11.5. The summed E-state index contributed by atoms with van der Waals surface area (Å²) in [5.41, 5.74) is 9.15. The third kappa shape index (κ3) is 2.33. The van der Waals surface area contributed by atoms with E-state index in [0.717, 1.165) is 19.4 Å². The number of carbonyl (C=O) groups is 1. The molecule has 1 atom stereocenters. The summed E-state index contributed by atoms with van der Waals surface area (Å²) in [4.78, 5) is 10.6. The third-order valence-corrected chi connectivity index (χ3v) is 2.94. The van der Waals surface area contributed by atoms with Crippen molar-refractivity contribution in [3.63, 3.8) is 0 Å². The first kappa shape index (κ1) is 11.0. The standard InChI is InChI=1S/C12H16N2O2/c13-10(12(15)16)3-1-8-2-4-11-9(7-8)5-6-14-11/h2,4,7,10,14H,1,3,5-6,13H2,(H,15,16). The molecule has 2 rings (SSSR count). The normalized spacial score (nSPS) is 15.3. The number of aliphatic carboxylic acids is 1. The number of benzene rings is 1. The van der Waals surface area contributed by atoms with Crippen molar-refractivity contribution in [2.24, 2.45) is 5.73 Å². The summed E-state index contributed by atoms with van der Waals surface area (Å²) in [7, 11) is 0. The number of rotatable bonds is 4. The molecule has 0 aromatic heterocycles. The number of fused-ring (bicyclic) bond motifs is 1. The first-order valence-electron chi connectivity index (χ1n) is 5.51. The van der Waals surface area contributed by atoms with Crippen LogP contribution in [0.15, 0.2) is 18.2 Å². The molecule has 1 aliphatic rings. The third-order valence-electron chi connectivity index (χ3n) is 2.94. The second-order valence-electron chi connectivity index (χ2n) is 4.15. The maximum absolute atomic E-state index is 10.6. The molecule has 1 heterocycles. The quantitative estimate of drug-likeness (QED) is 0.707. The van der Waals surface area contributed by atoms with Crippen LogP contribution in [-0.4, -0.2) is 23.7 Å². The Balaban J connectivity index is 1.98. The average Bonchev–Trinajstić information content (AvgIpc) is 2.72. The molecule has 1 aliphatic heterocycles. The molecular weight excluding hydrogens is 204 g/mol. The monoisotopic (exact) mass is 220 g/mol. The van der Waals surface area contributed by atoms with Gasteiger partial charge in [0.2, 0.25) is 0 Å². The van der Waals surface area contributed by atoms with Crippen LogP contribution in [0.5, 0.6) is 0 Å². The lowest BCUT2D eigenvalue weighted by Crippen LogP contribution is -2.30. The summed E-state index contributed by atoms with van der Waals surface area (Å²) in [6, 6.07) is 5.48. The van der Waals surface area contributed by atoms with E-state index >= 15 is 0 Å². The zero-order valence-electron chi connectivity index (χ0n) is 9.07. The predicted octanol–water partition coefficient (Wildman–Crippen LogP) is 0.999. The topological polar surface area (TPSA) is 75.3 Å². The molecule has 0 bridgehead atoms. The molecule has 0 radical (unpaired) electrons. The lowest BCUT2D eigenvalue weighted by Gasteiger charge is -2.07. The van der Waals surface area contributed by atoms with E-state index in [0.29, 0.717) is 6.42 Å². The van der Waals surface area contributed by atoms with E-state index < -0.39 is 12.0 Å². The van der Waals surface area contributed by atoms with Crippen LogP contribution in [0.4, 0.5) is 5.69 Å². The van der Waals surface area contributed by atoms with Crippen molar-refractivity contribution in [1.29, 1.82) is 0 Å². The molecule has 0 fully saturated rings. The fourth-order valence-electron chi connectivity index (χ4n) is 1.96. The van der Waals surface area contributed by atoms with E-state index in [1.54, 1.807) is 0 Å². The van der Waals surface area contributed by atoms with Gasteiger partial charge in [-0.2, -0.15) is 0 Å². The van der Waals surface area contributed by atoms with Crippen molar-refractivity contribution in [3.05, 3.63) is 29.3 Å². The number of carboxylic acid groups (broad SMARTS) is 1. The molecule has 0 amide bonds. The molecule has 0 spiro atoms. The summed E-state index contributed by atoms with van der Waals surface area (Å²) in [5, 5.41) is 12.0. The predicted molar refractivity (Wildman–Crippen MR) is 62.6 cm³/mol. The number of nitrogens with one attached hydrogen (secondary N) is 1. The van der Waals surface area contributed by atoms with Crippen LogP contribution in [0.2, 0.25) is 0 Å². The van der Waals surface area contributed by atoms with Gasteiger partial charge in [-0.1, -0.05) is 12.1 Å². The number of aryl methyl sites for hydroxylation is 1. The summed E-state index contributed by atoms with van der Waals surface area (Å²) < 4.78 is 0. The van der Waals surface area contributed by atoms with Gasteiger partial charge in [0.05, 0.1) is 0 Å². The fourth-order valence-corrected chi connectivity index (χ4v) is 1.96. The van der Waals surface area contributed by atoms with Crippen molar-refractivity contribution in [2.75, 3.05) is 11.9 Å². The van der Waals surface area contributed by atoms with Crippen molar-refractivity contribution in [3.8, 4) is 0 Å². The van der Waals surface area contributed by atoms with Gasteiger partial charge in [0.25, 0.3) is 0 Å². The van der Waals surface area contributed by atoms with Gasteiger partial charge in [-0.3, -0.25) is 4.79 Å². The summed E-state index contributed by atoms with van der Waals surface area (Å²) in [6.45, 7) is 0.993. The zero-order valence-corrected chi connectivity index (χ0v) is 9.07. The van der Waals surface area contributed by atoms with Crippen LogP contribution in [0.1, 0.15) is 17.5 Å². The average molecular weight is 220 g/mol. The van der Waals surface area contributed by atoms with E-state index in [4.69, 9.17) is 10.8 Å². The number of hydrogen-bond donors (Lipinski definition) is 3. The minimum absolute atomic E-state index is 0.488. The lowest BCUT2D eigenvalue weighted by atomic mass is 10.0. The Morgan fingerprint density at radius 1 is 1.56 bits per heavy atom. The highest BCUT2D eigenvalue weighted by molar-refractivity contribution is 5.73. The summed E-state index contributed by atoms with van der Waals surface area (Å²) in [5.74, 6) is -0.928. The largest absolute Gasteiger partial charge is 0.480 e. The van der Waals surface area contributed by atoms with E-state index in [-0.39, 0.29) is 0 Å². The Morgan fingerprint density at radius 2 is 2.38 bits per heavy atom. The molecular formula is C12H16N2O2. The minimum atomic E-state index is -0.928. The molecule has 1 aromatic rings. The smallest absolute Gasteiger partial charge is 0.320 e. The van der Waals surface area contributed by atoms with Crippen molar-refractivity contribution in [1.82, 2.24) is 0 Å². The van der Waals surface area contributed by atoms with Gasteiger partial charge in [-0.25, -0.2) is 0 Å². The SMILES string of the molecule is NC(CCc1ccc2c(c1)CCN2)C(=O)O. The highest BCUT2D eigenvalue weighted by Crippen LogP contribution is 2.23. The molecule has 4 heteroatoms. The van der Waals surface area contributed by atoms with Crippen LogP contribution in [0.25, 0.3) is 0 Å². The number of carboxylic acids is 1. The lowest BCUT2D eigenvalue weighted by molar-refractivity contribution is -0.138. The Bertz CT molecular complexity index is 404. The number of nitrogens with two attached hydrogens (primary N) is 1. The first-order valence-corrected chi connectivity index (χ1v) is 5.51. The fraction of sp³-hybridized carbons (Fsp3) is 0.417. The molecule has 1 aromatic carbocycles. The maximum Gasteiger partial charge on any atom is 0.320 e. The number of hydrogen-bond acceptors (Lipinski definition) is 3. The van der Waals surface area contributed by atoms with E-state index in [1.165, 1.54) is 16.8 Å². The van der Waals surface area contributed by atoms with Crippen LogP contribution in [-0.2, 0) is 17.6 Å². The van der Waals surface area contributed by atoms with Crippen LogP contribution in [0.3, 0.4) is 0 Å². The summed E-state index contributed by atoms with van der Waals surface area (Å²) >= 11 is 0. The Labute approximate surface area is 94.5 Å². The Hall–Kier alpha value is -1.55. The highest BCUT2D eigenvalue weighted by atomic mass is 16.4. The minimum Gasteiger partial charge on any atom is -0.480 e. The second-order valence-corrected chi connectivity index (χ2v) is 4.15. The Morgan fingerprint density at radius 3 is 3.12 bits per heavy atom. The second kappa shape index (κ2) is 4.53. The highest BCUT2D eigenvalue weighted by Gasteiger charge is 2.13. The first-order chi connectivity index (χ1) is 7.66. The van der Waals surface area contributed by atoms with Gasteiger partial charge in [0.15, 0.2) is 0 Å².